The molecule has 1 heterocycles. The minimum Gasteiger partial charge on any atom is -0.397 e. The first-order valence-electron chi connectivity index (χ1n) is 5.43. The van der Waals surface area contributed by atoms with E-state index in [4.69, 9.17) is 5.73 Å². The van der Waals surface area contributed by atoms with Crippen molar-refractivity contribution in [3.8, 4) is 5.69 Å². The van der Waals surface area contributed by atoms with Crippen LogP contribution in [0, 0.1) is 6.92 Å². The fourth-order valence-corrected chi connectivity index (χ4v) is 2.01. The summed E-state index contributed by atoms with van der Waals surface area (Å²) in [4.78, 5) is 0. The zero-order valence-corrected chi connectivity index (χ0v) is 9.46. The van der Waals surface area contributed by atoms with E-state index >= 15 is 0 Å². The van der Waals surface area contributed by atoms with Crippen LogP contribution >= 0.6 is 0 Å². The number of nitrogens with two attached hydrogens (primary N) is 1. The van der Waals surface area contributed by atoms with E-state index in [2.05, 4.69) is 10.3 Å². The molecule has 3 aromatic rings. The fraction of sp³-hybridized carbons (Fsp3) is 0.0769. The summed E-state index contributed by atoms with van der Waals surface area (Å²) >= 11 is 0. The number of aromatic nitrogens is 3. The van der Waals surface area contributed by atoms with Gasteiger partial charge >= 0.3 is 0 Å². The Morgan fingerprint density at radius 2 is 1.88 bits per heavy atom. The molecule has 0 saturated heterocycles. The van der Waals surface area contributed by atoms with Gasteiger partial charge in [0.2, 0.25) is 0 Å². The van der Waals surface area contributed by atoms with Crippen LogP contribution in [0.2, 0.25) is 0 Å². The molecule has 4 heteroatoms. The smallest absolute Gasteiger partial charge is 0.113 e. The Morgan fingerprint density at radius 3 is 2.71 bits per heavy atom. The number of benzene rings is 2. The summed E-state index contributed by atoms with van der Waals surface area (Å²) in [6, 6.07) is 13.7. The largest absolute Gasteiger partial charge is 0.397 e. The molecule has 0 amide bonds. The van der Waals surface area contributed by atoms with Gasteiger partial charge < -0.3 is 5.73 Å². The van der Waals surface area contributed by atoms with Crippen LogP contribution in [-0.4, -0.2) is 15.0 Å². The molecule has 0 aliphatic heterocycles. The van der Waals surface area contributed by atoms with Gasteiger partial charge in [-0.3, -0.25) is 0 Å². The van der Waals surface area contributed by atoms with E-state index in [1.54, 1.807) is 4.68 Å². The highest BCUT2D eigenvalue weighted by atomic mass is 15.4. The molecular weight excluding hydrogens is 212 g/mol. The van der Waals surface area contributed by atoms with Crippen molar-refractivity contribution in [3.63, 3.8) is 0 Å². The van der Waals surface area contributed by atoms with Gasteiger partial charge in [0.1, 0.15) is 5.52 Å². The van der Waals surface area contributed by atoms with Crippen molar-refractivity contribution in [3.05, 3.63) is 48.0 Å². The Morgan fingerprint density at radius 1 is 1.06 bits per heavy atom. The summed E-state index contributed by atoms with van der Waals surface area (Å²) in [6.45, 7) is 2.02. The Bertz CT molecular complexity index is 664. The quantitative estimate of drug-likeness (QED) is 0.645. The minimum absolute atomic E-state index is 0.709. The maximum Gasteiger partial charge on any atom is 0.113 e. The van der Waals surface area contributed by atoms with Crippen LogP contribution in [0.4, 0.5) is 5.69 Å². The van der Waals surface area contributed by atoms with Gasteiger partial charge in [-0.05, 0) is 30.7 Å². The normalized spacial score (nSPS) is 10.9. The first-order valence-corrected chi connectivity index (χ1v) is 5.43. The maximum absolute atomic E-state index is 6.02. The van der Waals surface area contributed by atoms with Crippen molar-refractivity contribution >= 4 is 16.7 Å². The number of nitrogen functional groups attached to an aromatic ring is 1. The molecule has 1 aromatic heterocycles. The lowest BCUT2D eigenvalue weighted by Gasteiger charge is -2.09. The van der Waals surface area contributed by atoms with Crippen molar-refractivity contribution in [2.45, 2.75) is 6.92 Å². The van der Waals surface area contributed by atoms with E-state index in [1.165, 1.54) is 0 Å². The predicted molar refractivity (Wildman–Crippen MR) is 68.0 cm³/mol. The lowest BCUT2D eigenvalue weighted by Crippen LogP contribution is -2.03. The van der Waals surface area contributed by atoms with E-state index in [-0.39, 0.29) is 0 Å². The Kier molecular flexibility index (Phi) is 2.08. The zero-order chi connectivity index (χ0) is 11.8. The van der Waals surface area contributed by atoms with Gasteiger partial charge in [0.15, 0.2) is 0 Å². The zero-order valence-electron chi connectivity index (χ0n) is 9.46. The van der Waals surface area contributed by atoms with Crippen LogP contribution < -0.4 is 5.73 Å². The van der Waals surface area contributed by atoms with Gasteiger partial charge in [0.25, 0.3) is 0 Å². The summed E-state index contributed by atoms with van der Waals surface area (Å²) in [7, 11) is 0. The third-order valence-electron chi connectivity index (χ3n) is 2.83. The Labute approximate surface area is 98.7 Å². The van der Waals surface area contributed by atoms with Crippen molar-refractivity contribution < 1.29 is 0 Å². The molecule has 0 spiro atoms. The van der Waals surface area contributed by atoms with Crippen LogP contribution in [0.5, 0.6) is 0 Å². The van der Waals surface area contributed by atoms with E-state index in [0.29, 0.717) is 5.69 Å². The van der Waals surface area contributed by atoms with E-state index in [0.717, 1.165) is 22.3 Å². The third-order valence-corrected chi connectivity index (χ3v) is 2.83. The Balaban J connectivity index is 2.35. The van der Waals surface area contributed by atoms with Crippen LogP contribution in [0.25, 0.3) is 16.7 Å². The lowest BCUT2D eigenvalue weighted by molar-refractivity contribution is 0.821. The summed E-state index contributed by atoms with van der Waals surface area (Å²) in [5.74, 6) is 0. The van der Waals surface area contributed by atoms with E-state index < -0.39 is 0 Å². The molecular formula is C13H12N4. The number of nitrogens with zero attached hydrogens (tertiary/aromatic N) is 3. The second kappa shape index (κ2) is 3.59. The highest BCUT2D eigenvalue weighted by Gasteiger charge is 2.10. The van der Waals surface area contributed by atoms with Crippen LogP contribution in [0.1, 0.15) is 5.56 Å². The topological polar surface area (TPSA) is 56.7 Å². The molecule has 4 nitrogen and oxygen atoms in total. The highest BCUT2D eigenvalue weighted by molar-refractivity contribution is 5.78. The van der Waals surface area contributed by atoms with Crippen LogP contribution in [-0.2, 0) is 0 Å². The number of para-hydroxylation sites is 2. The molecule has 2 aromatic carbocycles. The third kappa shape index (κ3) is 1.45. The van der Waals surface area contributed by atoms with Crippen molar-refractivity contribution in [2.75, 3.05) is 5.73 Å². The van der Waals surface area contributed by atoms with Gasteiger partial charge in [-0.2, -0.15) is 0 Å². The number of anilines is 1. The first kappa shape index (κ1) is 9.84. The second-order valence-electron chi connectivity index (χ2n) is 4.00. The second-order valence-corrected chi connectivity index (χ2v) is 4.00. The molecule has 0 unspecified atom stereocenters. The molecule has 0 saturated carbocycles. The molecule has 84 valence electrons. The lowest BCUT2D eigenvalue weighted by atomic mass is 10.1. The molecule has 3 rings (SSSR count). The van der Waals surface area contributed by atoms with Gasteiger partial charge in [-0.15, -0.1) is 5.10 Å². The molecule has 0 atom stereocenters. The van der Waals surface area contributed by atoms with Crippen molar-refractivity contribution in [2.24, 2.45) is 0 Å². The first-order chi connectivity index (χ1) is 8.27. The van der Waals surface area contributed by atoms with Gasteiger partial charge in [0.05, 0.1) is 16.9 Å². The molecule has 0 fully saturated rings. The number of hydrogen-bond acceptors (Lipinski definition) is 3. The molecule has 17 heavy (non-hydrogen) atoms. The van der Waals surface area contributed by atoms with E-state index in [9.17, 15) is 0 Å². The fourth-order valence-electron chi connectivity index (χ4n) is 2.01. The molecule has 0 radical (unpaired) electrons. The van der Waals surface area contributed by atoms with Crippen LogP contribution in [0.3, 0.4) is 0 Å². The van der Waals surface area contributed by atoms with Crippen molar-refractivity contribution in [1.82, 2.24) is 15.0 Å². The monoisotopic (exact) mass is 224 g/mol. The predicted octanol–water partition coefficient (Wildman–Crippen LogP) is 2.31. The van der Waals surface area contributed by atoms with Crippen LogP contribution in [0.15, 0.2) is 42.5 Å². The van der Waals surface area contributed by atoms with Gasteiger partial charge in [0, 0.05) is 0 Å². The standard InChI is InChI=1S/C13H12N4/c1-9-5-4-6-10(14)13(9)17-12-8-3-2-7-11(12)15-16-17/h2-8H,14H2,1H3. The molecule has 0 aliphatic rings. The summed E-state index contributed by atoms with van der Waals surface area (Å²) < 4.78 is 1.79. The summed E-state index contributed by atoms with van der Waals surface area (Å²) in [6.07, 6.45) is 0. The average Bonchev–Trinajstić information content (AvgIpc) is 2.73. The van der Waals surface area contributed by atoms with Gasteiger partial charge in [-0.25, -0.2) is 4.68 Å². The number of aryl methyl sites for hydroxylation is 1. The highest BCUT2D eigenvalue weighted by Crippen LogP contribution is 2.23. The van der Waals surface area contributed by atoms with E-state index in [1.807, 2.05) is 49.4 Å². The van der Waals surface area contributed by atoms with Gasteiger partial charge in [-0.1, -0.05) is 29.5 Å². The molecule has 2 N–H and O–H groups in total. The number of hydrogen-bond donors (Lipinski definition) is 1. The molecule has 0 aliphatic carbocycles. The summed E-state index contributed by atoms with van der Waals surface area (Å²) in [5, 5.41) is 8.31. The molecule has 0 bridgehead atoms. The van der Waals surface area contributed by atoms with Crippen molar-refractivity contribution in [1.29, 1.82) is 0 Å². The number of fused-ring (bicyclic) bond motifs is 1. The summed E-state index contributed by atoms with van der Waals surface area (Å²) in [5.41, 5.74) is 10.5. The number of rotatable bonds is 1. The minimum atomic E-state index is 0.709. The Hall–Kier alpha value is -2.36. The SMILES string of the molecule is Cc1cccc(N)c1-n1nnc2ccccc21. The maximum atomic E-state index is 6.02. The average molecular weight is 224 g/mol.